The predicted octanol–water partition coefficient (Wildman–Crippen LogP) is 5.93. The standard InChI is InChI=1S/C26H25F3N4O/c27-26(28,29)17-7-5-15(6-8-17)22-14-30-25(33-22)21-13-19-18-3-1-2-4-20(18)31-24(19)23(32-21)16-9-11-34-12-10-16/h1-8,14,16,21,23,31-32H,9-13H2,(H,30,33)/t21-,23-/m1/s1. The zero-order chi connectivity index (χ0) is 23.3. The fourth-order valence-corrected chi connectivity index (χ4v) is 5.37. The van der Waals surface area contributed by atoms with Gasteiger partial charge in [0.1, 0.15) is 5.82 Å². The van der Waals surface area contributed by atoms with Crippen molar-refractivity contribution in [2.45, 2.75) is 37.5 Å². The van der Waals surface area contributed by atoms with Crippen LogP contribution in [0.3, 0.4) is 0 Å². The largest absolute Gasteiger partial charge is 0.416 e. The van der Waals surface area contributed by atoms with E-state index in [-0.39, 0.29) is 12.1 Å². The van der Waals surface area contributed by atoms with E-state index in [1.54, 1.807) is 6.20 Å². The molecule has 5 nitrogen and oxygen atoms in total. The molecule has 34 heavy (non-hydrogen) atoms. The van der Waals surface area contributed by atoms with E-state index in [1.807, 2.05) is 6.07 Å². The highest BCUT2D eigenvalue weighted by atomic mass is 19.4. The van der Waals surface area contributed by atoms with Gasteiger partial charge >= 0.3 is 6.18 Å². The molecule has 0 saturated carbocycles. The third-order valence-corrected chi connectivity index (χ3v) is 7.13. The second-order valence-corrected chi connectivity index (χ2v) is 9.17. The molecule has 1 saturated heterocycles. The first-order valence-corrected chi connectivity index (χ1v) is 11.6. The lowest BCUT2D eigenvalue weighted by Crippen LogP contribution is -2.39. The maximum atomic E-state index is 12.9. The molecule has 6 rings (SSSR count). The Labute approximate surface area is 194 Å². The highest BCUT2D eigenvalue weighted by Crippen LogP contribution is 2.41. The molecule has 0 radical (unpaired) electrons. The van der Waals surface area contributed by atoms with Crippen LogP contribution < -0.4 is 5.32 Å². The van der Waals surface area contributed by atoms with Gasteiger partial charge in [-0.25, -0.2) is 4.98 Å². The molecule has 2 aliphatic rings. The normalized spacial score (nSPS) is 21.6. The number of ether oxygens (including phenoxy) is 1. The van der Waals surface area contributed by atoms with Crippen molar-refractivity contribution in [3.8, 4) is 11.3 Å². The van der Waals surface area contributed by atoms with Crippen molar-refractivity contribution in [3.05, 3.63) is 77.4 Å². The number of alkyl halides is 3. The molecular formula is C26H25F3N4O. The number of hydrogen-bond acceptors (Lipinski definition) is 3. The van der Waals surface area contributed by atoms with Crippen LogP contribution in [0, 0.1) is 5.92 Å². The van der Waals surface area contributed by atoms with Crippen LogP contribution in [-0.4, -0.2) is 28.2 Å². The summed E-state index contributed by atoms with van der Waals surface area (Å²) in [5.41, 5.74) is 4.42. The van der Waals surface area contributed by atoms with Gasteiger partial charge in [-0.15, -0.1) is 0 Å². The zero-order valence-electron chi connectivity index (χ0n) is 18.5. The van der Waals surface area contributed by atoms with E-state index in [4.69, 9.17) is 4.74 Å². The van der Waals surface area contributed by atoms with E-state index >= 15 is 0 Å². The van der Waals surface area contributed by atoms with Crippen LogP contribution >= 0.6 is 0 Å². The summed E-state index contributed by atoms with van der Waals surface area (Å²) in [6.07, 6.45) is 0.120. The molecule has 2 aromatic carbocycles. The van der Waals surface area contributed by atoms with Crippen molar-refractivity contribution >= 4 is 10.9 Å². The smallest absolute Gasteiger partial charge is 0.381 e. The third-order valence-electron chi connectivity index (χ3n) is 7.13. The highest BCUT2D eigenvalue weighted by molar-refractivity contribution is 5.85. The Morgan fingerprint density at radius 2 is 1.71 bits per heavy atom. The first-order valence-electron chi connectivity index (χ1n) is 11.6. The summed E-state index contributed by atoms with van der Waals surface area (Å²) in [4.78, 5) is 11.6. The first-order chi connectivity index (χ1) is 16.5. The molecule has 4 heterocycles. The Kier molecular flexibility index (Phi) is 5.22. The number of aromatic nitrogens is 3. The maximum absolute atomic E-state index is 12.9. The van der Waals surface area contributed by atoms with E-state index in [2.05, 4.69) is 38.5 Å². The van der Waals surface area contributed by atoms with Gasteiger partial charge in [-0.1, -0.05) is 30.3 Å². The number of hydrogen-bond donors (Lipinski definition) is 3. The van der Waals surface area contributed by atoms with Crippen LogP contribution in [0.1, 0.15) is 47.6 Å². The first kappa shape index (κ1) is 21.4. The van der Waals surface area contributed by atoms with Crippen molar-refractivity contribution in [1.29, 1.82) is 0 Å². The fourth-order valence-electron chi connectivity index (χ4n) is 5.37. The van der Waals surface area contributed by atoms with E-state index in [0.29, 0.717) is 17.2 Å². The number of imidazole rings is 1. The molecule has 2 atom stereocenters. The quantitative estimate of drug-likeness (QED) is 0.351. The Morgan fingerprint density at radius 3 is 2.47 bits per heavy atom. The van der Waals surface area contributed by atoms with Crippen LogP contribution in [0.4, 0.5) is 13.2 Å². The Hall–Kier alpha value is -3.10. The molecule has 3 N–H and O–H groups in total. The fraction of sp³-hybridized carbons (Fsp3) is 0.346. The number of halogens is 3. The lowest BCUT2D eigenvalue weighted by Gasteiger charge is -2.37. The van der Waals surface area contributed by atoms with Crippen LogP contribution in [0.5, 0.6) is 0 Å². The molecule has 0 spiro atoms. The SMILES string of the molecule is FC(F)(F)c1ccc(-c2cnc([C@H]3Cc4c([nH]c5ccccc45)[C@@H](C4CCOCC4)N3)[nH]2)cc1. The lowest BCUT2D eigenvalue weighted by atomic mass is 9.83. The van der Waals surface area contributed by atoms with E-state index in [1.165, 1.54) is 28.8 Å². The van der Waals surface area contributed by atoms with Crippen molar-refractivity contribution in [2.75, 3.05) is 13.2 Å². The van der Waals surface area contributed by atoms with Gasteiger partial charge in [0.2, 0.25) is 0 Å². The minimum Gasteiger partial charge on any atom is -0.381 e. The molecule has 2 aromatic heterocycles. The third kappa shape index (κ3) is 3.80. The summed E-state index contributed by atoms with van der Waals surface area (Å²) < 4.78 is 44.4. The molecule has 8 heteroatoms. The van der Waals surface area contributed by atoms with Crippen LogP contribution in [0.25, 0.3) is 22.2 Å². The molecule has 176 valence electrons. The van der Waals surface area contributed by atoms with Crippen molar-refractivity contribution in [2.24, 2.45) is 5.92 Å². The van der Waals surface area contributed by atoms with Gasteiger partial charge in [0, 0.05) is 29.8 Å². The van der Waals surface area contributed by atoms with Crippen molar-refractivity contribution < 1.29 is 17.9 Å². The van der Waals surface area contributed by atoms with Gasteiger partial charge in [0.25, 0.3) is 0 Å². The monoisotopic (exact) mass is 466 g/mol. The van der Waals surface area contributed by atoms with Gasteiger partial charge in [-0.3, -0.25) is 5.32 Å². The highest BCUT2D eigenvalue weighted by Gasteiger charge is 2.36. The Bertz CT molecular complexity index is 1300. The molecule has 0 bridgehead atoms. The predicted molar refractivity (Wildman–Crippen MR) is 123 cm³/mol. The van der Waals surface area contributed by atoms with Crippen molar-refractivity contribution in [1.82, 2.24) is 20.3 Å². The summed E-state index contributed by atoms with van der Waals surface area (Å²) in [5, 5.41) is 5.05. The van der Waals surface area contributed by atoms with Gasteiger partial charge in [-0.2, -0.15) is 13.2 Å². The van der Waals surface area contributed by atoms with Gasteiger partial charge in [0.15, 0.2) is 0 Å². The summed E-state index contributed by atoms with van der Waals surface area (Å²) in [7, 11) is 0. The van der Waals surface area contributed by atoms with Crippen LogP contribution in [-0.2, 0) is 17.3 Å². The lowest BCUT2D eigenvalue weighted by molar-refractivity contribution is -0.137. The minimum atomic E-state index is -4.35. The molecule has 1 fully saturated rings. The molecule has 0 unspecified atom stereocenters. The average molecular weight is 467 g/mol. The number of benzene rings is 2. The molecule has 4 aromatic rings. The summed E-state index contributed by atoms with van der Waals surface area (Å²) in [6, 6.07) is 13.7. The topological polar surface area (TPSA) is 65.7 Å². The molecule has 0 amide bonds. The number of nitrogens with zero attached hydrogens (tertiary/aromatic N) is 1. The number of para-hydroxylation sites is 1. The average Bonchev–Trinajstić information content (AvgIpc) is 3.49. The van der Waals surface area contributed by atoms with E-state index in [9.17, 15) is 13.2 Å². The number of rotatable bonds is 3. The molecular weight excluding hydrogens is 441 g/mol. The second kappa shape index (κ2) is 8.29. The van der Waals surface area contributed by atoms with Gasteiger partial charge in [-0.05, 0) is 54.5 Å². The number of aromatic amines is 2. The Balaban J connectivity index is 1.33. The molecule has 2 aliphatic heterocycles. The van der Waals surface area contributed by atoms with Crippen LogP contribution in [0.15, 0.2) is 54.7 Å². The summed E-state index contributed by atoms with van der Waals surface area (Å²) >= 11 is 0. The van der Waals surface area contributed by atoms with Crippen LogP contribution in [0.2, 0.25) is 0 Å². The maximum Gasteiger partial charge on any atom is 0.416 e. The summed E-state index contributed by atoms with van der Waals surface area (Å²) in [6.45, 7) is 1.53. The number of fused-ring (bicyclic) bond motifs is 3. The number of nitrogens with one attached hydrogen (secondary N) is 3. The Morgan fingerprint density at radius 1 is 0.941 bits per heavy atom. The minimum absolute atomic E-state index is 0.0252. The van der Waals surface area contributed by atoms with Gasteiger partial charge < -0.3 is 14.7 Å². The van der Waals surface area contributed by atoms with E-state index in [0.717, 1.165) is 56.0 Å². The van der Waals surface area contributed by atoms with Gasteiger partial charge in [0.05, 0.1) is 29.5 Å². The second-order valence-electron chi connectivity index (χ2n) is 9.17. The van der Waals surface area contributed by atoms with Crippen molar-refractivity contribution in [3.63, 3.8) is 0 Å². The molecule has 0 aliphatic carbocycles. The number of H-pyrrole nitrogens is 2. The zero-order valence-corrected chi connectivity index (χ0v) is 18.5. The summed E-state index contributed by atoms with van der Waals surface area (Å²) in [5.74, 6) is 1.25. The van der Waals surface area contributed by atoms with E-state index < -0.39 is 11.7 Å².